The van der Waals surface area contributed by atoms with E-state index in [1.54, 1.807) is 18.3 Å². The van der Waals surface area contributed by atoms with Crippen molar-refractivity contribution in [3.05, 3.63) is 37.4 Å². The van der Waals surface area contributed by atoms with Gasteiger partial charge in [-0.1, -0.05) is 11.6 Å². The number of nitrogens with zero attached hydrogens (tertiary/aromatic N) is 3. The van der Waals surface area contributed by atoms with Crippen LogP contribution in [0.5, 0.6) is 11.6 Å². The quantitative estimate of drug-likeness (QED) is 0.602. The summed E-state index contributed by atoms with van der Waals surface area (Å²) in [7, 11) is 0. The van der Waals surface area contributed by atoms with E-state index >= 15 is 0 Å². The number of ether oxygens (including phenoxy) is 1. The monoisotopic (exact) mass is 367 g/mol. The molecule has 0 aliphatic heterocycles. The summed E-state index contributed by atoms with van der Waals surface area (Å²) in [6.45, 7) is 0. The molecule has 0 saturated heterocycles. The fraction of sp³-hybridized carbons (Fsp3) is 0. The molecular weight excluding hydrogens is 365 g/mol. The van der Waals surface area contributed by atoms with Gasteiger partial charge in [-0.3, -0.25) is 4.79 Å². The van der Waals surface area contributed by atoms with E-state index in [-0.39, 0.29) is 11.0 Å². The lowest BCUT2D eigenvalue weighted by Gasteiger charge is -2.03. The van der Waals surface area contributed by atoms with Crippen molar-refractivity contribution < 1.29 is 4.74 Å². The molecule has 2 heterocycles. The number of hydrogen-bond donors (Lipinski definition) is 0. The number of hydrogen-bond acceptors (Lipinski definition) is 6. The van der Waals surface area contributed by atoms with E-state index in [1.807, 2.05) is 22.6 Å². The molecule has 5 nitrogen and oxygen atoms in total. The molecule has 0 aliphatic carbocycles. The van der Waals surface area contributed by atoms with Crippen LogP contribution in [0.15, 0.2) is 23.1 Å². The maximum Gasteiger partial charge on any atom is 0.283 e. The van der Waals surface area contributed by atoms with Crippen LogP contribution in [-0.4, -0.2) is 13.7 Å². The zero-order valence-corrected chi connectivity index (χ0v) is 11.3. The van der Waals surface area contributed by atoms with Crippen molar-refractivity contribution in [1.29, 1.82) is 0 Å². The van der Waals surface area contributed by atoms with E-state index in [4.69, 9.17) is 16.3 Å². The van der Waals surface area contributed by atoms with Crippen LogP contribution in [0.4, 0.5) is 0 Å². The third-order valence-electron chi connectivity index (χ3n) is 1.56. The van der Waals surface area contributed by atoms with Crippen LogP contribution in [0.2, 0.25) is 5.15 Å². The Morgan fingerprint density at radius 1 is 1.44 bits per heavy atom. The molecule has 0 saturated carbocycles. The zero-order valence-electron chi connectivity index (χ0n) is 7.55. The highest BCUT2D eigenvalue weighted by atomic mass is 127. The Morgan fingerprint density at radius 3 is 3.00 bits per heavy atom. The van der Waals surface area contributed by atoms with Gasteiger partial charge in [0.2, 0.25) is 0 Å². The van der Waals surface area contributed by atoms with E-state index < -0.39 is 5.43 Å². The van der Waals surface area contributed by atoms with Crippen molar-refractivity contribution in [1.82, 2.24) is 13.7 Å². The van der Waals surface area contributed by atoms with Gasteiger partial charge in [0.05, 0.1) is 11.7 Å². The van der Waals surface area contributed by atoms with Gasteiger partial charge in [0.25, 0.3) is 11.3 Å². The van der Waals surface area contributed by atoms with Crippen molar-refractivity contribution in [3.8, 4) is 11.6 Å². The van der Waals surface area contributed by atoms with E-state index in [9.17, 15) is 4.79 Å². The number of rotatable bonds is 2. The Kier molecular flexibility index (Phi) is 3.66. The Balaban J connectivity index is 2.39. The molecule has 82 valence electrons. The molecular formula is C8H3ClIN3O2S. The van der Waals surface area contributed by atoms with E-state index in [2.05, 4.69) is 13.7 Å². The van der Waals surface area contributed by atoms with Gasteiger partial charge in [-0.15, -0.1) is 4.37 Å². The third-order valence-corrected chi connectivity index (χ3v) is 3.24. The predicted octanol–water partition coefficient (Wildman–Crippen LogP) is 2.34. The van der Waals surface area contributed by atoms with Gasteiger partial charge in [0.1, 0.15) is 3.70 Å². The van der Waals surface area contributed by atoms with Gasteiger partial charge in [0.15, 0.2) is 10.9 Å². The fourth-order valence-electron chi connectivity index (χ4n) is 0.881. The second kappa shape index (κ2) is 5.02. The maximum atomic E-state index is 11.5. The smallest absolute Gasteiger partial charge is 0.283 e. The minimum absolute atomic E-state index is 0.0871. The van der Waals surface area contributed by atoms with E-state index in [1.165, 1.54) is 0 Å². The number of halogens is 2. The largest absolute Gasteiger partial charge is 0.432 e. The van der Waals surface area contributed by atoms with Crippen LogP contribution in [0, 0.1) is 3.70 Å². The molecule has 0 bridgehead atoms. The molecule has 8 heteroatoms. The molecule has 0 N–H and O–H groups in total. The Morgan fingerprint density at radius 2 is 2.25 bits per heavy atom. The SMILES string of the molecule is O=c1c(Cl)nsnc1Oc1cccnc1I. The standard InChI is InChI=1S/C8H3ClIN3O2S/c9-6-5(14)8(13-16-12-6)15-4-2-1-3-11-7(4)10/h1-3H. The summed E-state index contributed by atoms with van der Waals surface area (Å²) in [6, 6.07) is 3.39. The minimum Gasteiger partial charge on any atom is -0.432 e. The molecule has 0 amide bonds. The third kappa shape index (κ3) is 2.47. The van der Waals surface area contributed by atoms with Crippen LogP contribution in [0.25, 0.3) is 0 Å². The van der Waals surface area contributed by atoms with Crippen LogP contribution in [-0.2, 0) is 0 Å². The van der Waals surface area contributed by atoms with Gasteiger partial charge in [-0.25, -0.2) is 4.98 Å². The van der Waals surface area contributed by atoms with Crippen molar-refractivity contribution in [2.75, 3.05) is 0 Å². The summed E-state index contributed by atoms with van der Waals surface area (Å²) in [5.74, 6) is 0.373. The molecule has 0 fully saturated rings. The lowest BCUT2D eigenvalue weighted by molar-refractivity contribution is 0.456. The molecule has 0 unspecified atom stereocenters. The second-order valence-corrected chi connectivity index (χ2v) is 4.49. The topological polar surface area (TPSA) is 65.0 Å². The first-order valence-corrected chi connectivity index (χ1v) is 6.18. The molecule has 2 aromatic rings. The molecule has 2 aromatic heterocycles. The van der Waals surface area contributed by atoms with E-state index in [0.717, 1.165) is 11.7 Å². The lowest BCUT2D eigenvalue weighted by atomic mass is 10.5. The summed E-state index contributed by atoms with van der Waals surface area (Å²) < 4.78 is 13.3. The second-order valence-electron chi connectivity index (χ2n) is 2.58. The van der Waals surface area contributed by atoms with Crippen LogP contribution >= 0.6 is 45.9 Å². The van der Waals surface area contributed by atoms with Crippen molar-refractivity contribution in [2.24, 2.45) is 0 Å². The minimum atomic E-state index is -0.528. The zero-order chi connectivity index (χ0) is 11.5. The molecule has 0 aliphatic rings. The summed E-state index contributed by atoms with van der Waals surface area (Å²) >= 11 is 8.38. The summed E-state index contributed by atoms with van der Waals surface area (Å²) in [5, 5.41) is -0.145. The fourth-order valence-corrected chi connectivity index (χ4v) is 1.89. The Hall–Kier alpha value is -0.800. The summed E-state index contributed by atoms with van der Waals surface area (Å²) in [4.78, 5) is 15.5. The van der Waals surface area contributed by atoms with Crippen LogP contribution in [0.1, 0.15) is 0 Å². The maximum absolute atomic E-state index is 11.5. The Labute approximate surface area is 113 Å². The van der Waals surface area contributed by atoms with Crippen molar-refractivity contribution in [3.63, 3.8) is 0 Å². The van der Waals surface area contributed by atoms with E-state index in [0.29, 0.717) is 9.45 Å². The average Bonchev–Trinajstić information content (AvgIpc) is 2.28. The highest BCUT2D eigenvalue weighted by Gasteiger charge is 2.11. The summed E-state index contributed by atoms with van der Waals surface area (Å²) in [6.07, 6.45) is 1.63. The van der Waals surface area contributed by atoms with Gasteiger partial charge in [0, 0.05) is 6.20 Å². The predicted molar refractivity (Wildman–Crippen MR) is 68.2 cm³/mol. The van der Waals surface area contributed by atoms with Crippen LogP contribution in [0.3, 0.4) is 0 Å². The molecule has 0 aromatic carbocycles. The van der Waals surface area contributed by atoms with Gasteiger partial charge >= 0.3 is 0 Å². The van der Waals surface area contributed by atoms with Gasteiger partial charge < -0.3 is 4.74 Å². The average molecular weight is 368 g/mol. The highest BCUT2D eigenvalue weighted by Crippen LogP contribution is 2.21. The number of pyridine rings is 1. The molecule has 0 atom stereocenters. The molecule has 0 spiro atoms. The first kappa shape index (κ1) is 11.7. The van der Waals surface area contributed by atoms with Gasteiger partial charge in [-0.05, 0) is 34.7 Å². The lowest BCUT2D eigenvalue weighted by Crippen LogP contribution is -2.08. The summed E-state index contributed by atoms with van der Waals surface area (Å²) in [5.41, 5.74) is -0.528. The highest BCUT2D eigenvalue weighted by molar-refractivity contribution is 14.1. The van der Waals surface area contributed by atoms with Gasteiger partial charge in [-0.2, -0.15) is 4.37 Å². The number of aromatic nitrogens is 3. The van der Waals surface area contributed by atoms with Crippen LogP contribution < -0.4 is 10.2 Å². The first-order valence-electron chi connectivity index (χ1n) is 3.99. The van der Waals surface area contributed by atoms with Crippen molar-refractivity contribution in [2.45, 2.75) is 0 Å². The first-order chi connectivity index (χ1) is 7.68. The molecule has 16 heavy (non-hydrogen) atoms. The van der Waals surface area contributed by atoms with Crippen molar-refractivity contribution >= 4 is 45.9 Å². The molecule has 0 radical (unpaired) electrons. The normalized spacial score (nSPS) is 10.1. The molecule has 2 rings (SSSR count). The Bertz CT molecular complexity index is 577.